The highest BCUT2D eigenvalue weighted by Gasteiger charge is 2.12. The number of rotatable bonds is 3. The zero-order chi connectivity index (χ0) is 10.7. The molecule has 0 N–H and O–H groups in total. The molecular weight excluding hydrogens is 284 g/mol. The van der Waals surface area contributed by atoms with E-state index in [4.69, 9.17) is 11.6 Å². The topological polar surface area (TPSA) is 9.23 Å². The maximum absolute atomic E-state index is 12.9. The van der Waals surface area contributed by atoms with Crippen LogP contribution in [0.1, 0.15) is 5.56 Å². The smallest absolute Gasteiger partial charge is 0.387 e. The molecule has 6 heteroatoms. The molecule has 0 atom stereocenters. The lowest BCUT2D eigenvalue weighted by atomic mass is 10.2. The van der Waals surface area contributed by atoms with Crippen LogP contribution in [-0.4, -0.2) is 6.61 Å². The first-order valence-electron chi connectivity index (χ1n) is 3.53. The maximum atomic E-state index is 12.9. The van der Waals surface area contributed by atoms with Crippen LogP contribution in [0.5, 0.6) is 5.75 Å². The van der Waals surface area contributed by atoms with Gasteiger partial charge in [0.2, 0.25) is 0 Å². The quantitative estimate of drug-likeness (QED) is 0.765. The van der Waals surface area contributed by atoms with Gasteiger partial charge < -0.3 is 4.74 Å². The first-order valence-corrected chi connectivity index (χ1v) is 5.03. The fraction of sp³-hybridized carbons (Fsp3) is 0.250. The molecule has 0 aliphatic carbocycles. The van der Waals surface area contributed by atoms with E-state index in [1.165, 1.54) is 6.07 Å². The summed E-state index contributed by atoms with van der Waals surface area (Å²) in [6.07, 6.45) is 0. The van der Waals surface area contributed by atoms with Crippen LogP contribution in [0.15, 0.2) is 12.1 Å². The Morgan fingerprint density at radius 1 is 1.43 bits per heavy atom. The minimum absolute atomic E-state index is 0.124. The average Bonchev–Trinajstić information content (AvgIpc) is 2.10. The van der Waals surface area contributed by atoms with Crippen molar-refractivity contribution in [1.82, 2.24) is 0 Å². The predicted octanol–water partition coefficient (Wildman–Crippen LogP) is 3.98. The van der Waals surface area contributed by atoms with Gasteiger partial charge in [0.25, 0.3) is 0 Å². The van der Waals surface area contributed by atoms with E-state index >= 15 is 0 Å². The van der Waals surface area contributed by atoms with Gasteiger partial charge >= 0.3 is 6.61 Å². The normalized spacial score (nSPS) is 10.7. The van der Waals surface area contributed by atoms with Crippen molar-refractivity contribution >= 4 is 27.5 Å². The Balaban J connectivity index is 3.07. The van der Waals surface area contributed by atoms with E-state index in [-0.39, 0.29) is 16.1 Å². The summed E-state index contributed by atoms with van der Waals surface area (Å²) in [6, 6.07) is 2.08. The van der Waals surface area contributed by atoms with Crippen molar-refractivity contribution in [3.63, 3.8) is 0 Å². The van der Waals surface area contributed by atoms with Crippen LogP contribution in [0.2, 0.25) is 5.02 Å². The van der Waals surface area contributed by atoms with Gasteiger partial charge in [-0.3, -0.25) is 0 Å². The molecule has 0 amide bonds. The van der Waals surface area contributed by atoms with E-state index in [1.807, 2.05) is 0 Å². The Hall–Kier alpha value is -0.420. The molecule has 0 radical (unpaired) electrons. The second-order valence-corrected chi connectivity index (χ2v) is 3.35. The summed E-state index contributed by atoms with van der Waals surface area (Å²) >= 11 is 8.51. The molecule has 0 heterocycles. The van der Waals surface area contributed by atoms with Crippen LogP contribution < -0.4 is 4.74 Å². The third-order valence-electron chi connectivity index (χ3n) is 1.46. The maximum Gasteiger partial charge on any atom is 0.387 e. The van der Waals surface area contributed by atoms with Gasteiger partial charge in [-0.1, -0.05) is 27.5 Å². The summed E-state index contributed by atoms with van der Waals surface area (Å²) < 4.78 is 40.7. The van der Waals surface area contributed by atoms with E-state index in [9.17, 15) is 13.2 Å². The molecule has 0 aliphatic heterocycles. The largest absolute Gasteiger partial charge is 0.434 e. The fourth-order valence-corrected chi connectivity index (χ4v) is 1.50. The van der Waals surface area contributed by atoms with Gasteiger partial charge in [0.05, 0.1) is 5.02 Å². The lowest BCUT2D eigenvalue weighted by molar-refractivity contribution is -0.0504. The van der Waals surface area contributed by atoms with Gasteiger partial charge in [-0.2, -0.15) is 8.78 Å². The Kier molecular flexibility index (Phi) is 4.07. The number of hydrogen-bond acceptors (Lipinski definition) is 1. The van der Waals surface area contributed by atoms with Crippen molar-refractivity contribution in [3.8, 4) is 5.75 Å². The van der Waals surface area contributed by atoms with E-state index in [2.05, 4.69) is 20.7 Å². The van der Waals surface area contributed by atoms with E-state index in [0.717, 1.165) is 6.07 Å². The van der Waals surface area contributed by atoms with Crippen LogP contribution in [0, 0.1) is 5.82 Å². The van der Waals surface area contributed by atoms with Crippen LogP contribution in [-0.2, 0) is 5.33 Å². The molecule has 0 aromatic heterocycles. The van der Waals surface area contributed by atoms with Crippen molar-refractivity contribution in [1.29, 1.82) is 0 Å². The molecule has 1 aromatic rings. The second kappa shape index (κ2) is 4.89. The lowest BCUT2D eigenvalue weighted by Crippen LogP contribution is -2.04. The first-order chi connectivity index (χ1) is 6.54. The van der Waals surface area contributed by atoms with E-state index < -0.39 is 12.4 Å². The Bertz CT molecular complexity index is 333. The van der Waals surface area contributed by atoms with Crippen LogP contribution >= 0.6 is 27.5 Å². The van der Waals surface area contributed by atoms with Gasteiger partial charge in [-0.15, -0.1) is 0 Å². The minimum atomic E-state index is -2.98. The monoisotopic (exact) mass is 288 g/mol. The Morgan fingerprint density at radius 3 is 2.57 bits per heavy atom. The number of halogens is 5. The highest BCUT2D eigenvalue weighted by atomic mass is 79.9. The molecule has 0 fully saturated rings. The fourth-order valence-electron chi connectivity index (χ4n) is 0.880. The number of alkyl halides is 3. The standard InChI is InChI=1S/C8H5BrClF3O/c9-3-4-1-5(10)6(11)2-7(4)14-8(12)13/h1-2,8H,3H2. The minimum Gasteiger partial charge on any atom is -0.434 e. The van der Waals surface area contributed by atoms with Crippen molar-refractivity contribution in [2.45, 2.75) is 11.9 Å². The van der Waals surface area contributed by atoms with Crippen molar-refractivity contribution in [3.05, 3.63) is 28.5 Å². The first kappa shape index (κ1) is 11.7. The number of hydrogen-bond donors (Lipinski definition) is 0. The zero-order valence-corrected chi connectivity index (χ0v) is 9.08. The van der Waals surface area contributed by atoms with Gasteiger partial charge in [-0.25, -0.2) is 4.39 Å². The van der Waals surface area contributed by atoms with Gasteiger partial charge in [0.15, 0.2) is 0 Å². The summed E-state index contributed by atoms with van der Waals surface area (Å²) in [6.45, 7) is -2.98. The van der Waals surface area contributed by atoms with Gasteiger partial charge in [0, 0.05) is 17.0 Å². The molecule has 1 rings (SSSR count). The number of ether oxygens (including phenoxy) is 1. The molecule has 0 unspecified atom stereocenters. The van der Waals surface area contributed by atoms with E-state index in [0.29, 0.717) is 5.56 Å². The van der Waals surface area contributed by atoms with Crippen molar-refractivity contribution < 1.29 is 17.9 Å². The van der Waals surface area contributed by atoms with Gasteiger partial charge in [-0.05, 0) is 6.07 Å². The molecule has 0 saturated heterocycles. The molecule has 0 spiro atoms. The molecule has 1 aromatic carbocycles. The molecule has 0 aliphatic rings. The summed E-state index contributed by atoms with van der Waals surface area (Å²) in [5.41, 5.74) is 0.372. The summed E-state index contributed by atoms with van der Waals surface area (Å²) in [7, 11) is 0. The van der Waals surface area contributed by atoms with Crippen molar-refractivity contribution in [2.24, 2.45) is 0 Å². The highest BCUT2D eigenvalue weighted by Crippen LogP contribution is 2.28. The van der Waals surface area contributed by atoms with Crippen LogP contribution in [0.25, 0.3) is 0 Å². The third-order valence-corrected chi connectivity index (χ3v) is 2.36. The van der Waals surface area contributed by atoms with Gasteiger partial charge in [0.1, 0.15) is 11.6 Å². The average molecular weight is 289 g/mol. The molecule has 78 valence electrons. The molecule has 0 saturated carbocycles. The van der Waals surface area contributed by atoms with Crippen LogP contribution in [0.3, 0.4) is 0 Å². The Morgan fingerprint density at radius 2 is 2.07 bits per heavy atom. The third kappa shape index (κ3) is 2.78. The zero-order valence-electron chi connectivity index (χ0n) is 6.74. The highest BCUT2D eigenvalue weighted by molar-refractivity contribution is 9.08. The predicted molar refractivity (Wildman–Crippen MR) is 50.7 cm³/mol. The molecular formula is C8H5BrClF3O. The summed E-state index contributed by atoms with van der Waals surface area (Å²) in [4.78, 5) is 0. The lowest BCUT2D eigenvalue weighted by Gasteiger charge is -2.09. The second-order valence-electron chi connectivity index (χ2n) is 2.39. The molecule has 14 heavy (non-hydrogen) atoms. The van der Waals surface area contributed by atoms with E-state index in [1.54, 1.807) is 0 Å². The summed E-state index contributed by atoms with van der Waals surface area (Å²) in [5, 5.41) is 0.135. The molecule has 0 bridgehead atoms. The Labute approximate surface area is 91.9 Å². The molecule has 1 nitrogen and oxygen atoms in total. The van der Waals surface area contributed by atoms with Crippen LogP contribution in [0.4, 0.5) is 13.2 Å². The summed E-state index contributed by atoms with van der Waals surface area (Å²) in [5.74, 6) is -0.995. The number of benzene rings is 1. The SMILES string of the molecule is Fc1cc(OC(F)F)c(CBr)cc1Cl. The van der Waals surface area contributed by atoms with Crippen molar-refractivity contribution in [2.75, 3.05) is 0 Å².